The molecule has 24 heavy (non-hydrogen) atoms. The van der Waals surface area contributed by atoms with Crippen LogP contribution in [0.25, 0.3) is 0 Å². The Bertz CT molecular complexity index is 448. The van der Waals surface area contributed by atoms with Gasteiger partial charge in [0, 0.05) is 0 Å². The van der Waals surface area contributed by atoms with Crippen LogP contribution < -0.4 is 0 Å². The summed E-state index contributed by atoms with van der Waals surface area (Å²) in [5.41, 5.74) is -0.519. The number of unbranched alkanes of at least 4 members (excludes halogenated alkanes) is 1. The number of hydrogen-bond donors (Lipinski definition) is 0. The molecule has 2 aliphatic rings. The number of carbonyl (C=O) groups excluding carboxylic acids is 2. The average Bonchev–Trinajstić information content (AvgIpc) is 2.65. The smallest absolute Gasteiger partial charge is 0.211 e. The van der Waals surface area contributed by atoms with Crippen LogP contribution in [-0.4, -0.2) is 23.7 Å². The van der Waals surface area contributed by atoms with Gasteiger partial charge in [0.25, 0.3) is 0 Å². The Morgan fingerprint density at radius 2 is 1.46 bits per heavy atom. The van der Waals surface area contributed by atoms with Crippen molar-refractivity contribution in [3.8, 4) is 0 Å². The fourth-order valence-corrected chi connectivity index (χ4v) is 5.20. The van der Waals surface area contributed by atoms with E-state index < -0.39 is 5.54 Å². The maximum atomic E-state index is 11.5. The summed E-state index contributed by atoms with van der Waals surface area (Å²) < 4.78 is 0. The predicted octanol–water partition coefficient (Wildman–Crippen LogP) is 5.12. The molecule has 2 fully saturated rings. The summed E-state index contributed by atoms with van der Waals surface area (Å²) >= 11 is 0. The first-order valence-corrected chi connectivity index (χ1v) is 9.95. The zero-order valence-electron chi connectivity index (χ0n) is 15.1. The first kappa shape index (κ1) is 19.1. The van der Waals surface area contributed by atoms with Gasteiger partial charge in [0.2, 0.25) is 12.2 Å². The zero-order chi connectivity index (χ0) is 17.3. The highest BCUT2D eigenvalue weighted by molar-refractivity contribution is 5.39. The third-order valence-corrected chi connectivity index (χ3v) is 6.33. The Kier molecular flexibility index (Phi) is 7.88. The molecule has 0 aromatic rings. The van der Waals surface area contributed by atoms with Gasteiger partial charge in [-0.2, -0.15) is 9.98 Å². The molecule has 1 atom stereocenters. The molecule has 0 radical (unpaired) electrons. The molecule has 0 bridgehead atoms. The maximum Gasteiger partial charge on any atom is 0.235 e. The zero-order valence-corrected chi connectivity index (χ0v) is 15.1. The molecule has 1 unspecified atom stereocenters. The summed E-state index contributed by atoms with van der Waals surface area (Å²) in [5, 5.41) is 0. The molecule has 0 amide bonds. The highest BCUT2D eigenvalue weighted by Crippen LogP contribution is 2.49. The summed E-state index contributed by atoms with van der Waals surface area (Å²) in [7, 11) is 0. The first-order valence-electron chi connectivity index (χ1n) is 9.95. The molecule has 0 N–H and O–H groups in total. The van der Waals surface area contributed by atoms with Crippen molar-refractivity contribution in [3.63, 3.8) is 0 Å². The summed E-state index contributed by atoms with van der Waals surface area (Å²) in [6.45, 7) is 2.15. The fraction of sp³-hybridized carbons (Fsp3) is 0.900. The van der Waals surface area contributed by atoms with Crippen LogP contribution in [0.4, 0.5) is 0 Å². The van der Waals surface area contributed by atoms with E-state index in [1.54, 1.807) is 6.08 Å². The van der Waals surface area contributed by atoms with Gasteiger partial charge < -0.3 is 0 Å². The van der Waals surface area contributed by atoms with Gasteiger partial charge in [0.1, 0.15) is 5.54 Å². The molecular weight excluding hydrogens is 300 g/mol. The van der Waals surface area contributed by atoms with E-state index in [1.165, 1.54) is 38.5 Å². The summed E-state index contributed by atoms with van der Waals surface area (Å²) in [5.74, 6) is 0.713. The Hall–Kier alpha value is -1.24. The Morgan fingerprint density at radius 3 is 1.88 bits per heavy atom. The van der Waals surface area contributed by atoms with Crippen LogP contribution in [-0.2, 0) is 9.59 Å². The van der Waals surface area contributed by atoms with Gasteiger partial charge in [0.05, 0.1) is 6.04 Å². The number of hydrogen-bond acceptors (Lipinski definition) is 4. The molecular formula is C20H32N2O2. The van der Waals surface area contributed by atoms with Gasteiger partial charge in [-0.15, -0.1) is 0 Å². The first-order chi connectivity index (χ1) is 11.8. The van der Waals surface area contributed by atoms with Crippen molar-refractivity contribution in [2.75, 3.05) is 0 Å². The predicted molar refractivity (Wildman–Crippen MR) is 95.4 cm³/mol. The monoisotopic (exact) mass is 332 g/mol. The third-order valence-electron chi connectivity index (χ3n) is 6.33. The normalized spacial score (nSPS) is 21.5. The minimum Gasteiger partial charge on any atom is -0.211 e. The highest BCUT2D eigenvalue weighted by Gasteiger charge is 2.51. The van der Waals surface area contributed by atoms with Crippen LogP contribution in [0.5, 0.6) is 0 Å². The molecule has 0 aromatic carbocycles. The molecule has 4 nitrogen and oxygen atoms in total. The molecule has 0 aliphatic heterocycles. The second kappa shape index (κ2) is 9.91. The van der Waals surface area contributed by atoms with Crippen LogP contribution in [0.2, 0.25) is 0 Å². The Morgan fingerprint density at radius 1 is 0.917 bits per heavy atom. The largest absolute Gasteiger partial charge is 0.235 e. The number of aliphatic imine (C=N–C) groups is 2. The van der Waals surface area contributed by atoms with E-state index in [4.69, 9.17) is 0 Å². The van der Waals surface area contributed by atoms with Gasteiger partial charge in [-0.05, 0) is 43.9 Å². The van der Waals surface area contributed by atoms with E-state index in [9.17, 15) is 9.59 Å². The molecule has 2 aliphatic carbocycles. The minimum absolute atomic E-state index is 0.206. The molecule has 2 rings (SSSR count). The molecule has 0 heterocycles. The van der Waals surface area contributed by atoms with E-state index in [1.807, 2.05) is 6.08 Å². The fourth-order valence-electron chi connectivity index (χ4n) is 5.20. The Balaban J connectivity index is 2.44. The number of rotatable bonds is 8. The van der Waals surface area contributed by atoms with E-state index in [2.05, 4.69) is 16.9 Å². The minimum atomic E-state index is -0.519. The van der Waals surface area contributed by atoms with Crippen molar-refractivity contribution in [2.24, 2.45) is 21.8 Å². The van der Waals surface area contributed by atoms with Crippen molar-refractivity contribution in [2.45, 2.75) is 102 Å². The van der Waals surface area contributed by atoms with Gasteiger partial charge in [-0.25, -0.2) is 9.59 Å². The van der Waals surface area contributed by atoms with Gasteiger partial charge >= 0.3 is 0 Å². The van der Waals surface area contributed by atoms with E-state index in [-0.39, 0.29) is 6.04 Å². The summed E-state index contributed by atoms with van der Waals surface area (Å²) in [6, 6.07) is -0.206. The summed E-state index contributed by atoms with van der Waals surface area (Å²) in [4.78, 5) is 31.3. The molecule has 0 spiro atoms. The molecule has 0 aromatic heterocycles. The van der Waals surface area contributed by atoms with Crippen molar-refractivity contribution >= 4 is 12.2 Å². The van der Waals surface area contributed by atoms with Gasteiger partial charge in [-0.1, -0.05) is 58.3 Å². The average molecular weight is 332 g/mol. The topological polar surface area (TPSA) is 58.9 Å². The van der Waals surface area contributed by atoms with E-state index in [0.29, 0.717) is 11.8 Å². The molecule has 4 heteroatoms. The second-order valence-electron chi connectivity index (χ2n) is 7.64. The number of nitrogens with zero attached hydrogens (tertiary/aromatic N) is 2. The van der Waals surface area contributed by atoms with Crippen molar-refractivity contribution in [1.29, 1.82) is 0 Å². The maximum absolute atomic E-state index is 11.5. The van der Waals surface area contributed by atoms with Crippen LogP contribution in [0.3, 0.4) is 0 Å². The SMILES string of the molecule is CCCCC(N=C=O)C(N=C=O)(C1CCCCC1)C1CCCCC1. The van der Waals surface area contributed by atoms with E-state index in [0.717, 1.165) is 44.9 Å². The van der Waals surface area contributed by atoms with Crippen molar-refractivity contribution in [1.82, 2.24) is 0 Å². The van der Waals surface area contributed by atoms with Crippen molar-refractivity contribution in [3.05, 3.63) is 0 Å². The molecule has 2 saturated carbocycles. The van der Waals surface area contributed by atoms with Crippen LogP contribution in [0.15, 0.2) is 9.98 Å². The third kappa shape index (κ3) is 4.23. The standard InChI is InChI=1S/C20H32N2O2/c1-2-3-14-19(21-15-23)20(22-16-24,17-10-6-4-7-11-17)18-12-8-5-9-13-18/h17-19H,2-14H2,1H3. The lowest BCUT2D eigenvalue weighted by Gasteiger charge is -2.48. The highest BCUT2D eigenvalue weighted by atomic mass is 16.1. The Labute approximate surface area is 146 Å². The lowest BCUT2D eigenvalue weighted by molar-refractivity contribution is 0.0797. The van der Waals surface area contributed by atoms with Gasteiger partial charge in [0.15, 0.2) is 0 Å². The van der Waals surface area contributed by atoms with Crippen molar-refractivity contribution < 1.29 is 9.59 Å². The quantitative estimate of drug-likeness (QED) is 0.458. The second-order valence-corrected chi connectivity index (χ2v) is 7.64. The van der Waals surface area contributed by atoms with Gasteiger partial charge in [-0.3, -0.25) is 0 Å². The van der Waals surface area contributed by atoms with E-state index >= 15 is 0 Å². The lowest BCUT2D eigenvalue weighted by Crippen LogP contribution is -2.53. The van der Waals surface area contributed by atoms with Crippen LogP contribution in [0.1, 0.15) is 90.4 Å². The summed E-state index contributed by atoms with van der Waals surface area (Å²) in [6.07, 6.45) is 18.3. The number of isocyanates is 2. The molecule has 134 valence electrons. The molecule has 0 saturated heterocycles. The lowest BCUT2D eigenvalue weighted by atomic mass is 9.60. The van der Waals surface area contributed by atoms with Crippen LogP contribution in [0, 0.1) is 11.8 Å². The van der Waals surface area contributed by atoms with Crippen LogP contribution >= 0.6 is 0 Å².